The smallest absolute Gasteiger partial charge is 0.147 e. The van der Waals surface area contributed by atoms with Gasteiger partial charge in [-0.1, -0.05) is 13.8 Å². The van der Waals surface area contributed by atoms with Crippen LogP contribution in [0.3, 0.4) is 0 Å². The van der Waals surface area contributed by atoms with Crippen LogP contribution in [-0.2, 0) is 29.9 Å². The maximum atomic E-state index is 11.2. The van der Waals surface area contributed by atoms with Crippen LogP contribution in [0.15, 0.2) is 0 Å². The topological polar surface area (TPSA) is 55.2 Å². The summed E-state index contributed by atoms with van der Waals surface area (Å²) in [5, 5.41) is 0. The lowest BCUT2D eigenvalue weighted by atomic mass is 10.1. The minimum absolute atomic E-state index is 0.274. The van der Waals surface area contributed by atoms with Crippen LogP contribution in [0, 0.1) is 0 Å². The van der Waals surface area contributed by atoms with Crippen molar-refractivity contribution in [3.8, 4) is 0 Å². The van der Waals surface area contributed by atoms with Crippen LogP contribution in [0.5, 0.6) is 0 Å². The van der Waals surface area contributed by atoms with Crippen molar-refractivity contribution in [2.75, 3.05) is 25.1 Å². The van der Waals surface area contributed by atoms with Crippen molar-refractivity contribution in [2.45, 2.75) is 39.2 Å². The molecule has 114 valence electrons. The lowest BCUT2D eigenvalue weighted by molar-refractivity contribution is 0.249. The molecule has 0 saturated carbocycles. The van der Waals surface area contributed by atoms with Crippen LogP contribution < -0.4 is 0 Å². The van der Waals surface area contributed by atoms with Gasteiger partial charge in [0.15, 0.2) is 0 Å². The second-order valence-corrected chi connectivity index (χ2v) is 8.35. The molecule has 6 heteroatoms. The van der Waals surface area contributed by atoms with E-state index in [1.165, 1.54) is 17.6 Å². The van der Waals surface area contributed by atoms with E-state index in [2.05, 4.69) is 30.4 Å². The first-order chi connectivity index (χ1) is 9.28. The Morgan fingerprint density at radius 2 is 2.05 bits per heavy atom. The minimum atomic E-state index is -2.85. The summed E-state index contributed by atoms with van der Waals surface area (Å²) in [4.78, 5) is 7.07. The summed E-state index contributed by atoms with van der Waals surface area (Å²) in [6.07, 6.45) is 3.01. The van der Waals surface area contributed by atoms with Crippen LogP contribution in [0.25, 0.3) is 0 Å². The summed E-state index contributed by atoms with van der Waals surface area (Å²) in [5.41, 5.74) is 2.51. The quantitative estimate of drug-likeness (QED) is 0.823. The third kappa shape index (κ3) is 3.61. The molecule has 5 nitrogen and oxygen atoms in total. The second kappa shape index (κ2) is 5.85. The molecule has 1 aromatic rings. The molecule has 1 aromatic heterocycles. The molecular formula is C14H25N3O2S. The largest absolute Gasteiger partial charge is 0.335 e. The molecule has 0 saturated heterocycles. The van der Waals surface area contributed by atoms with E-state index in [0.717, 1.165) is 31.9 Å². The molecule has 0 amide bonds. The van der Waals surface area contributed by atoms with Gasteiger partial charge in [0.1, 0.15) is 15.7 Å². The van der Waals surface area contributed by atoms with Crippen molar-refractivity contribution in [3.63, 3.8) is 0 Å². The Labute approximate surface area is 121 Å². The molecule has 2 rings (SSSR count). The molecule has 0 spiro atoms. The van der Waals surface area contributed by atoms with Crippen LogP contribution in [-0.4, -0.2) is 48.0 Å². The highest BCUT2D eigenvalue weighted by atomic mass is 32.2. The molecule has 0 aromatic carbocycles. The molecule has 0 bridgehead atoms. The number of imidazole rings is 1. The van der Waals surface area contributed by atoms with E-state index in [1.807, 2.05) is 0 Å². The first-order valence-corrected chi connectivity index (χ1v) is 9.28. The Kier molecular flexibility index (Phi) is 4.54. The fourth-order valence-electron chi connectivity index (χ4n) is 2.86. The third-order valence-corrected chi connectivity index (χ3v) is 4.91. The Morgan fingerprint density at radius 3 is 2.65 bits per heavy atom. The Morgan fingerprint density at radius 1 is 1.35 bits per heavy atom. The molecule has 0 atom stereocenters. The number of fused-ring (bicyclic) bond motifs is 1. The summed E-state index contributed by atoms with van der Waals surface area (Å²) in [5.74, 6) is 1.85. The molecule has 0 fully saturated rings. The summed E-state index contributed by atoms with van der Waals surface area (Å²) in [7, 11) is -0.748. The lowest BCUT2D eigenvalue weighted by Gasteiger charge is -2.26. The van der Waals surface area contributed by atoms with Crippen LogP contribution >= 0.6 is 0 Å². The molecule has 0 unspecified atom stereocenters. The van der Waals surface area contributed by atoms with Gasteiger partial charge in [-0.05, 0) is 13.0 Å². The van der Waals surface area contributed by atoms with E-state index in [-0.39, 0.29) is 5.75 Å². The van der Waals surface area contributed by atoms with E-state index in [1.54, 1.807) is 0 Å². The molecule has 1 aliphatic heterocycles. The van der Waals surface area contributed by atoms with Gasteiger partial charge in [0.05, 0.1) is 11.4 Å². The van der Waals surface area contributed by atoms with Gasteiger partial charge in [0.2, 0.25) is 0 Å². The van der Waals surface area contributed by atoms with Gasteiger partial charge in [0.25, 0.3) is 0 Å². The maximum absolute atomic E-state index is 11.2. The Balaban J connectivity index is 1.99. The molecule has 0 aliphatic carbocycles. The molecule has 20 heavy (non-hydrogen) atoms. The monoisotopic (exact) mass is 299 g/mol. The van der Waals surface area contributed by atoms with Gasteiger partial charge in [-0.15, -0.1) is 0 Å². The van der Waals surface area contributed by atoms with Gasteiger partial charge >= 0.3 is 0 Å². The fraction of sp³-hybridized carbons (Fsp3) is 0.786. The van der Waals surface area contributed by atoms with Gasteiger partial charge in [-0.2, -0.15) is 0 Å². The first kappa shape index (κ1) is 15.5. The number of hydrogen-bond donors (Lipinski definition) is 0. The van der Waals surface area contributed by atoms with E-state index < -0.39 is 9.84 Å². The van der Waals surface area contributed by atoms with Crippen LogP contribution in [0.2, 0.25) is 0 Å². The van der Waals surface area contributed by atoms with E-state index in [9.17, 15) is 8.42 Å². The highest BCUT2D eigenvalue weighted by Crippen LogP contribution is 2.23. The summed E-state index contributed by atoms with van der Waals surface area (Å²) < 4.78 is 24.6. The van der Waals surface area contributed by atoms with Crippen LogP contribution in [0.4, 0.5) is 0 Å². The summed E-state index contributed by atoms with van der Waals surface area (Å²) >= 11 is 0. The van der Waals surface area contributed by atoms with Crippen LogP contribution in [0.1, 0.15) is 43.4 Å². The van der Waals surface area contributed by atoms with Crippen molar-refractivity contribution in [1.29, 1.82) is 0 Å². The average Bonchev–Trinajstić information content (AvgIpc) is 2.65. The normalized spacial score (nSPS) is 16.6. The molecule has 0 radical (unpaired) electrons. The van der Waals surface area contributed by atoms with Gasteiger partial charge in [-0.25, -0.2) is 13.4 Å². The summed E-state index contributed by atoms with van der Waals surface area (Å²) in [6.45, 7) is 7.00. The van der Waals surface area contributed by atoms with E-state index in [0.29, 0.717) is 12.3 Å². The molecule has 2 heterocycles. The first-order valence-electron chi connectivity index (χ1n) is 7.22. The predicted octanol–water partition coefficient (Wildman–Crippen LogP) is 1.34. The third-order valence-electron chi connectivity index (χ3n) is 3.88. The molecular weight excluding hydrogens is 274 g/mol. The minimum Gasteiger partial charge on any atom is -0.335 e. The number of sulfone groups is 1. The van der Waals surface area contributed by atoms with Gasteiger partial charge < -0.3 is 4.57 Å². The molecule has 1 aliphatic rings. The number of aromatic nitrogens is 2. The number of rotatable bonds is 5. The highest BCUT2D eigenvalue weighted by Gasteiger charge is 2.23. The highest BCUT2D eigenvalue weighted by molar-refractivity contribution is 7.90. The Hall–Kier alpha value is -0.880. The second-order valence-electron chi connectivity index (χ2n) is 6.09. The molecule has 0 N–H and O–H groups in total. The Bertz CT molecular complexity index is 575. The number of nitrogens with zero attached hydrogens (tertiary/aromatic N) is 3. The summed E-state index contributed by atoms with van der Waals surface area (Å²) in [6, 6.07) is 0. The zero-order chi connectivity index (χ0) is 14.9. The van der Waals surface area contributed by atoms with E-state index in [4.69, 9.17) is 4.98 Å². The fourth-order valence-corrected chi connectivity index (χ4v) is 3.51. The van der Waals surface area contributed by atoms with Crippen molar-refractivity contribution >= 4 is 9.84 Å². The van der Waals surface area contributed by atoms with Gasteiger partial charge in [0, 0.05) is 44.4 Å². The van der Waals surface area contributed by atoms with Crippen molar-refractivity contribution in [2.24, 2.45) is 7.05 Å². The SMILES string of the molecule is CC(C)c1nc2c(n1C)CCN(CCCS(C)(=O)=O)C2. The average molecular weight is 299 g/mol. The maximum Gasteiger partial charge on any atom is 0.147 e. The van der Waals surface area contributed by atoms with Crippen molar-refractivity contribution < 1.29 is 8.42 Å². The van der Waals surface area contributed by atoms with Gasteiger partial charge in [-0.3, -0.25) is 4.90 Å². The zero-order valence-corrected chi connectivity index (χ0v) is 13.7. The van der Waals surface area contributed by atoms with Crippen molar-refractivity contribution in [1.82, 2.24) is 14.5 Å². The predicted molar refractivity (Wildman–Crippen MR) is 80.6 cm³/mol. The zero-order valence-electron chi connectivity index (χ0n) is 12.9. The number of hydrogen-bond acceptors (Lipinski definition) is 4. The lowest BCUT2D eigenvalue weighted by Crippen LogP contribution is -2.32. The van der Waals surface area contributed by atoms with Crippen molar-refractivity contribution in [3.05, 3.63) is 17.2 Å². The standard InChI is InChI=1S/C14H25N3O2S/c1-11(2)14-15-12-10-17(7-5-9-20(4,18)19)8-6-13(12)16(14)3/h11H,5-10H2,1-4H3. The van der Waals surface area contributed by atoms with E-state index >= 15 is 0 Å².